The summed E-state index contributed by atoms with van der Waals surface area (Å²) in [5, 5.41) is 0. The summed E-state index contributed by atoms with van der Waals surface area (Å²) in [6.07, 6.45) is -0.546. The van der Waals surface area contributed by atoms with Crippen molar-refractivity contribution in [1.29, 1.82) is 0 Å². The Hall–Kier alpha value is -0.700. The first-order chi connectivity index (χ1) is 4.31. The van der Waals surface area contributed by atoms with Crippen LogP contribution in [0.1, 0.15) is 0 Å². The Balaban J connectivity index is 0.000000187. The zero-order chi connectivity index (χ0) is 7.11. The van der Waals surface area contributed by atoms with Crippen molar-refractivity contribution in [2.24, 2.45) is 0 Å². The summed E-state index contributed by atoms with van der Waals surface area (Å²) in [5.74, 6) is 0. The minimum Gasteiger partial charge on any atom is -0.431 e. The third kappa shape index (κ3) is 5.17. The third-order valence-electron chi connectivity index (χ3n) is 0.523. The van der Waals surface area contributed by atoms with E-state index >= 15 is 0 Å². The molecule has 1 fully saturated rings. The molecule has 1 aliphatic rings. The van der Waals surface area contributed by atoms with Gasteiger partial charge in [0.25, 0.3) is 0 Å². The van der Waals surface area contributed by atoms with Gasteiger partial charge in [-0.3, -0.25) is 0 Å². The van der Waals surface area contributed by atoms with Gasteiger partial charge in [0, 0.05) is 0 Å². The molecule has 4 heteroatoms. The van der Waals surface area contributed by atoms with Crippen LogP contribution in [0.3, 0.4) is 0 Å². The average Bonchev–Trinajstić information content (AvgIpc) is 2.20. The first-order valence-corrected chi connectivity index (χ1v) is 2.75. The van der Waals surface area contributed by atoms with E-state index in [4.69, 9.17) is 11.6 Å². The molecule has 0 aromatic rings. The molecule has 3 nitrogen and oxygen atoms in total. The molecular formula is C5H7ClO3. The summed E-state index contributed by atoms with van der Waals surface area (Å²) >= 11 is 4.76. The minimum absolute atomic E-state index is 0.416. The van der Waals surface area contributed by atoms with Crippen LogP contribution in [0.25, 0.3) is 0 Å². The van der Waals surface area contributed by atoms with Crippen LogP contribution in [0.4, 0.5) is 4.79 Å². The van der Waals surface area contributed by atoms with Gasteiger partial charge in [0.1, 0.15) is 13.2 Å². The van der Waals surface area contributed by atoms with E-state index < -0.39 is 6.16 Å². The molecule has 0 aliphatic carbocycles. The predicted octanol–water partition coefficient (Wildman–Crippen LogP) is 1.52. The molecule has 1 rings (SSSR count). The van der Waals surface area contributed by atoms with E-state index in [9.17, 15) is 4.79 Å². The lowest BCUT2D eigenvalue weighted by molar-refractivity contribution is 0.131. The smallest absolute Gasteiger partial charge is 0.431 e. The maximum absolute atomic E-state index is 9.80. The second-order valence-corrected chi connectivity index (χ2v) is 1.41. The fourth-order valence-electron chi connectivity index (χ4n) is 0.292. The first-order valence-electron chi connectivity index (χ1n) is 2.32. The van der Waals surface area contributed by atoms with Crippen LogP contribution < -0.4 is 0 Å². The van der Waals surface area contributed by atoms with Crippen LogP contribution in [0.2, 0.25) is 0 Å². The molecule has 1 heterocycles. The van der Waals surface area contributed by atoms with Gasteiger partial charge in [-0.05, 0) is 5.54 Å². The zero-order valence-electron chi connectivity index (χ0n) is 4.80. The van der Waals surface area contributed by atoms with E-state index in [0.29, 0.717) is 13.2 Å². The molecule has 0 N–H and O–H groups in total. The van der Waals surface area contributed by atoms with Crippen molar-refractivity contribution in [3.8, 4) is 0 Å². The maximum Gasteiger partial charge on any atom is 0.508 e. The minimum atomic E-state index is -0.546. The van der Waals surface area contributed by atoms with E-state index in [2.05, 4.69) is 16.1 Å². The molecule has 52 valence electrons. The molecule has 0 spiro atoms. The molecular weight excluding hydrogens is 144 g/mol. The Morgan fingerprint density at radius 1 is 1.56 bits per heavy atom. The number of ether oxygens (including phenoxy) is 2. The number of hydrogen-bond acceptors (Lipinski definition) is 3. The van der Waals surface area contributed by atoms with Gasteiger partial charge in [-0.15, -0.1) is 0 Å². The van der Waals surface area contributed by atoms with Crippen molar-refractivity contribution in [2.75, 3.05) is 13.2 Å². The van der Waals surface area contributed by atoms with Gasteiger partial charge in [0.2, 0.25) is 0 Å². The van der Waals surface area contributed by atoms with E-state index in [1.807, 2.05) is 0 Å². The largest absolute Gasteiger partial charge is 0.508 e. The van der Waals surface area contributed by atoms with E-state index in [0.717, 1.165) is 0 Å². The topological polar surface area (TPSA) is 35.5 Å². The van der Waals surface area contributed by atoms with Crippen LogP contribution in [-0.2, 0) is 9.47 Å². The second kappa shape index (κ2) is 5.44. The molecule has 0 aromatic heterocycles. The van der Waals surface area contributed by atoms with Gasteiger partial charge in [0.05, 0.1) is 0 Å². The van der Waals surface area contributed by atoms with Gasteiger partial charge in [-0.25, -0.2) is 4.79 Å². The van der Waals surface area contributed by atoms with Gasteiger partial charge in [-0.1, -0.05) is 18.2 Å². The summed E-state index contributed by atoms with van der Waals surface area (Å²) in [6.45, 7) is 3.96. The summed E-state index contributed by atoms with van der Waals surface area (Å²) in [7, 11) is 0. The van der Waals surface area contributed by atoms with Crippen LogP contribution in [0.15, 0.2) is 12.1 Å². The number of halogens is 1. The molecule has 0 aromatic carbocycles. The number of carbonyl (C=O) groups is 1. The van der Waals surface area contributed by atoms with Gasteiger partial charge >= 0.3 is 6.16 Å². The van der Waals surface area contributed by atoms with Crippen LogP contribution in [-0.4, -0.2) is 19.4 Å². The molecule has 1 aliphatic heterocycles. The van der Waals surface area contributed by atoms with Gasteiger partial charge in [0.15, 0.2) is 0 Å². The summed E-state index contributed by atoms with van der Waals surface area (Å²) in [6, 6.07) is 0. The molecule has 0 atom stereocenters. The summed E-state index contributed by atoms with van der Waals surface area (Å²) in [4.78, 5) is 9.80. The lowest BCUT2D eigenvalue weighted by atomic mass is 10.8. The Labute approximate surface area is 58.2 Å². The number of rotatable bonds is 0. The van der Waals surface area contributed by atoms with Crippen molar-refractivity contribution in [3.63, 3.8) is 0 Å². The molecule has 0 saturated carbocycles. The fraction of sp³-hybridized carbons (Fsp3) is 0.400. The van der Waals surface area contributed by atoms with Gasteiger partial charge in [-0.2, -0.15) is 0 Å². The van der Waals surface area contributed by atoms with Crippen molar-refractivity contribution in [1.82, 2.24) is 0 Å². The SMILES string of the molecule is C=CCl.O=C1OCCO1. The third-order valence-corrected chi connectivity index (χ3v) is 0.523. The molecule has 0 amide bonds. The normalized spacial score (nSPS) is 14.6. The monoisotopic (exact) mass is 150 g/mol. The predicted molar refractivity (Wildman–Crippen MR) is 33.3 cm³/mol. The average molecular weight is 151 g/mol. The summed E-state index contributed by atoms with van der Waals surface area (Å²) < 4.78 is 8.58. The standard InChI is InChI=1S/C3H4O3.C2H3Cl/c4-3-5-1-2-6-3;1-2-3/h1-2H2;2H,1H2. The number of hydrogen-bond donors (Lipinski definition) is 0. The van der Waals surface area contributed by atoms with Crippen molar-refractivity contribution in [2.45, 2.75) is 0 Å². The quantitative estimate of drug-likeness (QED) is 0.491. The Kier molecular flexibility index (Phi) is 5.01. The fourth-order valence-corrected chi connectivity index (χ4v) is 0.292. The highest BCUT2D eigenvalue weighted by atomic mass is 35.5. The highest BCUT2D eigenvalue weighted by Gasteiger charge is 2.09. The molecule has 1 saturated heterocycles. The Bertz CT molecular complexity index is 94.4. The number of cyclic esters (lactones) is 2. The molecule has 0 unspecified atom stereocenters. The van der Waals surface area contributed by atoms with E-state index in [1.54, 1.807) is 0 Å². The van der Waals surface area contributed by atoms with Crippen molar-refractivity contribution in [3.05, 3.63) is 12.1 Å². The van der Waals surface area contributed by atoms with E-state index in [-0.39, 0.29) is 0 Å². The first kappa shape index (κ1) is 8.30. The highest BCUT2D eigenvalue weighted by Crippen LogP contribution is 1.92. The number of carbonyl (C=O) groups excluding carboxylic acids is 1. The van der Waals surface area contributed by atoms with Crippen LogP contribution in [0.5, 0.6) is 0 Å². The van der Waals surface area contributed by atoms with Crippen molar-refractivity contribution >= 4 is 17.8 Å². The maximum atomic E-state index is 9.80. The molecule has 9 heavy (non-hydrogen) atoms. The lowest BCUT2D eigenvalue weighted by Crippen LogP contribution is -1.88. The van der Waals surface area contributed by atoms with Crippen molar-refractivity contribution < 1.29 is 14.3 Å². The van der Waals surface area contributed by atoms with Gasteiger partial charge < -0.3 is 9.47 Å². The molecule has 0 radical (unpaired) electrons. The Morgan fingerprint density at radius 3 is 2.00 bits per heavy atom. The zero-order valence-corrected chi connectivity index (χ0v) is 5.56. The summed E-state index contributed by atoms with van der Waals surface area (Å²) in [5.41, 5.74) is 1.22. The Morgan fingerprint density at radius 2 is 1.89 bits per heavy atom. The van der Waals surface area contributed by atoms with Crippen LogP contribution in [0, 0.1) is 0 Å². The van der Waals surface area contributed by atoms with E-state index in [1.165, 1.54) is 5.54 Å². The molecule has 0 bridgehead atoms. The lowest BCUT2D eigenvalue weighted by Gasteiger charge is -1.78. The highest BCUT2D eigenvalue weighted by molar-refractivity contribution is 6.25. The second-order valence-electron chi connectivity index (χ2n) is 1.10. The van der Waals surface area contributed by atoms with Crippen LogP contribution >= 0.6 is 11.6 Å².